The third kappa shape index (κ3) is 4.13. The molecule has 0 aliphatic rings. The summed E-state index contributed by atoms with van der Waals surface area (Å²) in [5.74, 6) is 1.16. The molecule has 0 saturated carbocycles. The van der Waals surface area contributed by atoms with Gasteiger partial charge in [-0.25, -0.2) is 0 Å². The van der Waals surface area contributed by atoms with Crippen molar-refractivity contribution in [2.24, 2.45) is 0 Å². The molecule has 0 saturated heterocycles. The molecule has 0 aliphatic heterocycles. The van der Waals surface area contributed by atoms with E-state index < -0.39 is 0 Å². The third-order valence-electron chi connectivity index (χ3n) is 3.17. The minimum Gasteiger partial charge on any atom is -0.493 e. The Morgan fingerprint density at radius 1 is 1.25 bits per heavy atom. The van der Waals surface area contributed by atoms with Crippen molar-refractivity contribution in [3.63, 3.8) is 0 Å². The first-order valence-corrected chi connectivity index (χ1v) is 6.61. The quantitative estimate of drug-likeness (QED) is 0.716. The van der Waals surface area contributed by atoms with E-state index in [1.807, 2.05) is 37.1 Å². The number of carbonyl (C=O) groups is 1. The van der Waals surface area contributed by atoms with E-state index in [1.54, 1.807) is 21.1 Å². The molecule has 0 heterocycles. The lowest BCUT2D eigenvalue weighted by Gasteiger charge is -2.23. The number of hydrogen-bond acceptors (Lipinski definition) is 5. The molecule has 1 atom stereocenters. The molecule has 1 unspecified atom stereocenters. The van der Waals surface area contributed by atoms with Gasteiger partial charge in [0, 0.05) is 6.54 Å². The molecule has 0 radical (unpaired) electrons. The van der Waals surface area contributed by atoms with E-state index in [0.717, 1.165) is 5.56 Å². The van der Waals surface area contributed by atoms with Crippen LogP contribution in [0.3, 0.4) is 0 Å². The monoisotopic (exact) mass is 281 g/mol. The average molecular weight is 281 g/mol. The Hall–Kier alpha value is -1.75. The van der Waals surface area contributed by atoms with Crippen LogP contribution in [0.25, 0.3) is 0 Å². The van der Waals surface area contributed by atoms with Gasteiger partial charge < -0.3 is 14.2 Å². The maximum absolute atomic E-state index is 11.7. The summed E-state index contributed by atoms with van der Waals surface area (Å²) in [4.78, 5) is 13.6. The lowest BCUT2D eigenvalue weighted by atomic mass is 10.1. The van der Waals surface area contributed by atoms with Crippen molar-refractivity contribution in [3.8, 4) is 11.5 Å². The number of rotatable bonds is 7. The highest BCUT2D eigenvalue weighted by molar-refractivity contribution is 5.75. The fraction of sp³-hybridized carbons (Fsp3) is 0.533. The molecule has 5 nitrogen and oxygen atoms in total. The normalized spacial score (nSPS) is 12.1. The molecule has 0 fully saturated rings. The highest BCUT2D eigenvalue weighted by Gasteiger charge is 2.19. The van der Waals surface area contributed by atoms with Gasteiger partial charge in [0.2, 0.25) is 0 Å². The molecule has 0 aliphatic carbocycles. The van der Waals surface area contributed by atoms with Crippen LogP contribution >= 0.6 is 0 Å². The Balaban J connectivity index is 2.75. The largest absolute Gasteiger partial charge is 0.493 e. The number of methoxy groups -OCH3 is 2. The lowest BCUT2D eigenvalue weighted by Crippen LogP contribution is -2.36. The lowest BCUT2D eigenvalue weighted by molar-refractivity contribution is -0.148. The molecule has 0 amide bonds. The topological polar surface area (TPSA) is 48.0 Å². The van der Waals surface area contributed by atoms with Crippen molar-refractivity contribution >= 4 is 5.97 Å². The molecular formula is C15H23NO4. The van der Waals surface area contributed by atoms with E-state index >= 15 is 0 Å². The van der Waals surface area contributed by atoms with Crippen LogP contribution in [0.1, 0.15) is 19.4 Å². The second kappa shape index (κ2) is 7.75. The molecule has 0 N–H and O–H groups in total. The van der Waals surface area contributed by atoms with Crippen molar-refractivity contribution in [2.75, 3.05) is 27.9 Å². The van der Waals surface area contributed by atoms with Gasteiger partial charge in [-0.3, -0.25) is 9.69 Å². The van der Waals surface area contributed by atoms with Crippen molar-refractivity contribution in [3.05, 3.63) is 23.8 Å². The summed E-state index contributed by atoms with van der Waals surface area (Å²) in [6.07, 6.45) is 0. The molecule has 20 heavy (non-hydrogen) atoms. The highest BCUT2D eigenvalue weighted by atomic mass is 16.5. The van der Waals surface area contributed by atoms with E-state index in [-0.39, 0.29) is 12.0 Å². The maximum Gasteiger partial charge on any atom is 0.323 e. The Labute approximate surface area is 120 Å². The summed E-state index contributed by atoms with van der Waals surface area (Å²) in [6.45, 7) is 4.66. The number of nitrogens with zero attached hydrogens (tertiary/aromatic N) is 1. The second-order valence-corrected chi connectivity index (χ2v) is 4.53. The number of hydrogen-bond donors (Lipinski definition) is 0. The Morgan fingerprint density at radius 2 is 1.90 bits per heavy atom. The molecular weight excluding hydrogens is 258 g/mol. The van der Waals surface area contributed by atoms with E-state index in [0.29, 0.717) is 24.7 Å². The van der Waals surface area contributed by atoms with E-state index in [4.69, 9.17) is 14.2 Å². The van der Waals surface area contributed by atoms with Gasteiger partial charge in [-0.05, 0) is 38.6 Å². The standard InChI is InChI=1S/C15H23NO4/c1-6-20-15(17)11(2)16(3)10-12-7-8-13(18-4)14(9-12)19-5/h7-9,11H,6,10H2,1-5H3. The molecule has 0 bridgehead atoms. The first kappa shape index (κ1) is 16.3. The highest BCUT2D eigenvalue weighted by Crippen LogP contribution is 2.28. The molecule has 112 valence electrons. The Morgan fingerprint density at radius 3 is 2.45 bits per heavy atom. The van der Waals surface area contributed by atoms with Crippen LogP contribution in [-0.2, 0) is 16.1 Å². The number of carbonyl (C=O) groups excluding carboxylic acids is 1. The van der Waals surface area contributed by atoms with Gasteiger partial charge in [0.25, 0.3) is 0 Å². The predicted molar refractivity (Wildman–Crippen MR) is 77.1 cm³/mol. The zero-order valence-corrected chi connectivity index (χ0v) is 12.8. The first-order chi connectivity index (χ1) is 9.53. The van der Waals surface area contributed by atoms with Crippen LogP contribution in [0.15, 0.2) is 18.2 Å². The average Bonchev–Trinajstić information content (AvgIpc) is 2.46. The Kier molecular flexibility index (Phi) is 6.31. The van der Waals surface area contributed by atoms with Crippen LogP contribution in [0.5, 0.6) is 11.5 Å². The smallest absolute Gasteiger partial charge is 0.323 e. The summed E-state index contributed by atoms with van der Waals surface area (Å²) < 4.78 is 15.5. The van der Waals surface area contributed by atoms with Crippen molar-refractivity contribution < 1.29 is 19.0 Å². The predicted octanol–water partition coefficient (Wildman–Crippen LogP) is 2.09. The summed E-state index contributed by atoms with van der Waals surface area (Å²) in [5.41, 5.74) is 1.04. The molecule has 1 rings (SSSR count). The minimum absolute atomic E-state index is 0.213. The fourth-order valence-electron chi connectivity index (χ4n) is 1.85. The van der Waals surface area contributed by atoms with Crippen molar-refractivity contribution in [2.45, 2.75) is 26.4 Å². The summed E-state index contributed by atoms with van der Waals surface area (Å²) in [5, 5.41) is 0. The van der Waals surface area contributed by atoms with Gasteiger partial charge in [-0.1, -0.05) is 6.07 Å². The first-order valence-electron chi connectivity index (χ1n) is 6.61. The van der Waals surface area contributed by atoms with Crippen LogP contribution in [0, 0.1) is 0 Å². The maximum atomic E-state index is 11.7. The summed E-state index contributed by atoms with van der Waals surface area (Å²) in [7, 11) is 5.09. The van der Waals surface area contributed by atoms with Gasteiger partial charge >= 0.3 is 5.97 Å². The zero-order chi connectivity index (χ0) is 15.1. The number of likely N-dealkylation sites (N-methyl/N-ethyl adjacent to an activating group) is 1. The molecule has 0 spiro atoms. The van der Waals surface area contributed by atoms with Crippen LogP contribution in [-0.4, -0.2) is 44.8 Å². The molecule has 1 aromatic carbocycles. The van der Waals surface area contributed by atoms with Gasteiger partial charge in [0.05, 0.1) is 20.8 Å². The van der Waals surface area contributed by atoms with Gasteiger partial charge in [-0.15, -0.1) is 0 Å². The number of ether oxygens (including phenoxy) is 3. The Bertz CT molecular complexity index is 447. The van der Waals surface area contributed by atoms with Gasteiger partial charge in [0.1, 0.15) is 6.04 Å². The number of esters is 1. The number of benzene rings is 1. The molecule has 5 heteroatoms. The van der Waals surface area contributed by atoms with E-state index in [9.17, 15) is 4.79 Å². The van der Waals surface area contributed by atoms with E-state index in [1.165, 1.54) is 0 Å². The van der Waals surface area contributed by atoms with Crippen molar-refractivity contribution in [1.29, 1.82) is 0 Å². The van der Waals surface area contributed by atoms with E-state index in [2.05, 4.69) is 0 Å². The van der Waals surface area contributed by atoms with Crippen molar-refractivity contribution in [1.82, 2.24) is 4.90 Å². The fourth-order valence-corrected chi connectivity index (χ4v) is 1.85. The SMILES string of the molecule is CCOC(=O)C(C)N(C)Cc1ccc(OC)c(OC)c1. The van der Waals surface area contributed by atoms with Crippen LogP contribution in [0.2, 0.25) is 0 Å². The van der Waals surface area contributed by atoms with Gasteiger partial charge in [0.15, 0.2) is 11.5 Å². The summed E-state index contributed by atoms with van der Waals surface area (Å²) in [6, 6.07) is 5.43. The van der Waals surface area contributed by atoms with Crippen LogP contribution < -0.4 is 9.47 Å². The molecule has 0 aromatic heterocycles. The van der Waals surface area contributed by atoms with Gasteiger partial charge in [-0.2, -0.15) is 0 Å². The third-order valence-corrected chi connectivity index (χ3v) is 3.17. The molecule has 1 aromatic rings. The second-order valence-electron chi connectivity index (χ2n) is 4.53. The summed E-state index contributed by atoms with van der Waals surface area (Å²) >= 11 is 0. The zero-order valence-electron chi connectivity index (χ0n) is 12.8. The van der Waals surface area contributed by atoms with Crippen LogP contribution in [0.4, 0.5) is 0 Å². The minimum atomic E-state index is -0.289.